The standard InChI is InChI=1S/C15H21BO6/c1-14(2)15(3,4)22-16(21-14)10-7-5-9(6-8-10)11(17)12(18)13(19)20/h5-8,11-12,17-18H,1-4H3,(H,19,20). The van der Waals surface area contributed by atoms with Crippen molar-refractivity contribution in [1.82, 2.24) is 0 Å². The topological polar surface area (TPSA) is 96.2 Å². The number of hydrogen-bond acceptors (Lipinski definition) is 5. The Hall–Kier alpha value is -1.41. The van der Waals surface area contributed by atoms with Crippen LogP contribution in [0.25, 0.3) is 0 Å². The molecular weight excluding hydrogens is 287 g/mol. The predicted octanol–water partition coefficient (Wildman–Crippen LogP) is 0.465. The van der Waals surface area contributed by atoms with E-state index in [9.17, 15) is 15.0 Å². The molecule has 2 rings (SSSR count). The molecule has 2 unspecified atom stereocenters. The number of aliphatic hydroxyl groups is 2. The first kappa shape index (κ1) is 17.0. The van der Waals surface area contributed by atoms with E-state index < -0.39 is 36.5 Å². The number of carboxylic acids is 1. The van der Waals surface area contributed by atoms with Crippen molar-refractivity contribution in [3.8, 4) is 0 Å². The number of aliphatic hydroxyl groups excluding tert-OH is 2. The second kappa shape index (κ2) is 5.66. The van der Waals surface area contributed by atoms with Crippen LogP contribution in [0.2, 0.25) is 0 Å². The highest BCUT2D eigenvalue weighted by molar-refractivity contribution is 6.62. The molecule has 0 aromatic heterocycles. The third kappa shape index (κ3) is 3.03. The summed E-state index contributed by atoms with van der Waals surface area (Å²) in [7, 11) is -0.527. The van der Waals surface area contributed by atoms with Gasteiger partial charge in [0.25, 0.3) is 0 Å². The molecule has 0 bridgehead atoms. The second-order valence-corrected chi connectivity index (χ2v) is 6.48. The fourth-order valence-electron chi connectivity index (χ4n) is 2.15. The van der Waals surface area contributed by atoms with E-state index in [1.165, 1.54) is 0 Å². The average molecular weight is 308 g/mol. The third-order valence-electron chi connectivity index (χ3n) is 4.36. The SMILES string of the molecule is CC1(C)OB(c2ccc(C(O)C(O)C(=O)O)cc2)OC1(C)C. The van der Waals surface area contributed by atoms with E-state index >= 15 is 0 Å². The molecule has 1 aliphatic rings. The van der Waals surface area contributed by atoms with E-state index in [2.05, 4.69) is 0 Å². The highest BCUT2D eigenvalue weighted by Gasteiger charge is 2.51. The lowest BCUT2D eigenvalue weighted by Gasteiger charge is -2.32. The number of aliphatic carboxylic acids is 1. The Kier molecular flexibility index (Phi) is 4.36. The summed E-state index contributed by atoms with van der Waals surface area (Å²) in [6.45, 7) is 7.81. The summed E-state index contributed by atoms with van der Waals surface area (Å²) >= 11 is 0. The van der Waals surface area contributed by atoms with Gasteiger partial charge in [-0.3, -0.25) is 0 Å². The van der Waals surface area contributed by atoms with Crippen LogP contribution in [0.1, 0.15) is 39.4 Å². The molecule has 0 saturated carbocycles. The first-order valence-corrected chi connectivity index (χ1v) is 7.09. The number of carbonyl (C=O) groups is 1. The Morgan fingerprint density at radius 1 is 1.05 bits per heavy atom. The summed E-state index contributed by atoms with van der Waals surface area (Å²) in [6, 6.07) is 6.49. The fraction of sp³-hybridized carbons (Fsp3) is 0.533. The van der Waals surface area contributed by atoms with Crippen molar-refractivity contribution in [3.63, 3.8) is 0 Å². The van der Waals surface area contributed by atoms with E-state index in [0.717, 1.165) is 5.46 Å². The van der Waals surface area contributed by atoms with Crippen LogP contribution in [0.4, 0.5) is 0 Å². The van der Waals surface area contributed by atoms with Crippen LogP contribution in [-0.2, 0) is 14.1 Å². The van der Waals surface area contributed by atoms with Crippen LogP contribution in [0.15, 0.2) is 24.3 Å². The van der Waals surface area contributed by atoms with Crippen LogP contribution in [0.3, 0.4) is 0 Å². The summed E-state index contributed by atoms with van der Waals surface area (Å²) in [5.41, 5.74) is 0.180. The molecule has 120 valence electrons. The number of benzene rings is 1. The molecule has 1 aliphatic heterocycles. The quantitative estimate of drug-likeness (QED) is 0.700. The van der Waals surface area contributed by atoms with E-state index in [-0.39, 0.29) is 0 Å². The smallest absolute Gasteiger partial charge is 0.479 e. The van der Waals surface area contributed by atoms with Crippen molar-refractivity contribution in [2.75, 3.05) is 0 Å². The van der Waals surface area contributed by atoms with E-state index in [4.69, 9.17) is 14.4 Å². The lowest BCUT2D eigenvalue weighted by Crippen LogP contribution is -2.41. The molecular formula is C15H21BO6. The lowest BCUT2D eigenvalue weighted by molar-refractivity contribution is -0.153. The van der Waals surface area contributed by atoms with Crippen LogP contribution in [-0.4, -0.2) is 45.7 Å². The van der Waals surface area contributed by atoms with Gasteiger partial charge in [-0.2, -0.15) is 0 Å². The highest BCUT2D eigenvalue weighted by Crippen LogP contribution is 2.36. The molecule has 7 heteroatoms. The summed E-state index contributed by atoms with van der Waals surface area (Å²) in [4.78, 5) is 10.7. The maximum atomic E-state index is 10.7. The second-order valence-electron chi connectivity index (χ2n) is 6.48. The van der Waals surface area contributed by atoms with Crippen molar-refractivity contribution in [1.29, 1.82) is 0 Å². The summed E-state index contributed by atoms with van der Waals surface area (Å²) in [6.07, 6.45) is -3.34. The van der Waals surface area contributed by atoms with Crippen molar-refractivity contribution in [2.24, 2.45) is 0 Å². The average Bonchev–Trinajstić information content (AvgIpc) is 2.66. The molecule has 1 fully saturated rings. The summed E-state index contributed by atoms with van der Waals surface area (Å²) in [5.74, 6) is -1.47. The van der Waals surface area contributed by atoms with Gasteiger partial charge in [0.15, 0.2) is 6.10 Å². The molecule has 1 heterocycles. The van der Waals surface area contributed by atoms with E-state index in [0.29, 0.717) is 5.56 Å². The Balaban J connectivity index is 2.15. The number of rotatable bonds is 4. The first-order valence-electron chi connectivity index (χ1n) is 7.09. The largest absolute Gasteiger partial charge is 0.494 e. The van der Waals surface area contributed by atoms with Gasteiger partial charge < -0.3 is 24.6 Å². The minimum Gasteiger partial charge on any atom is -0.479 e. The Morgan fingerprint density at radius 2 is 1.50 bits per heavy atom. The zero-order valence-electron chi connectivity index (χ0n) is 13.1. The third-order valence-corrected chi connectivity index (χ3v) is 4.36. The van der Waals surface area contributed by atoms with Gasteiger partial charge >= 0.3 is 13.1 Å². The van der Waals surface area contributed by atoms with Gasteiger partial charge in [-0.05, 0) is 38.7 Å². The van der Waals surface area contributed by atoms with Gasteiger partial charge in [0.1, 0.15) is 6.10 Å². The number of carboxylic acid groups (broad SMARTS) is 1. The van der Waals surface area contributed by atoms with Crippen molar-refractivity contribution in [2.45, 2.75) is 51.1 Å². The molecule has 0 spiro atoms. The molecule has 2 atom stereocenters. The van der Waals surface area contributed by atoms with Gasteiger partial charge in [0.05, 0.1) is 11.2 Å². The van der Waals surface area contributed by atoms with Crippen LogP contribution < -0.4 is 5.46 Å². The molecule has 1 saturated heterocycles. The van der Waals surface area contributed by atoms with Gasteiger partial charge in [0, 0.05) is 0 Å². The predicted molar refractivity (Wildman–Crippen MR) is 80.8 cm³/mol. The monoisotopic (exact) mass is 308 g/mol. The van der Waals surface area contributed by atoms with Crippen LogP contribution in [0, 0.1) is 0 Å². The van der Waals surface area contributed by atoms with Crippen molar-refractivity contribution < 1.29 is 29.4 Å². The fourth-order valence-corrected chi connectivity index (χ4v) is 2.15. The molecule has 1 aromatic carbocycles. The Morgan fingerprint density at radius 3 is 1.91 bits per heavy atom. The van der Waals surface area contributed by atoms with Crippen molar-refractivity contribution >= 4 is 18.6 Å². The molecule has 0 radical (unpaired) electrons. The molecule has 0 aliphatic carbocycles. The maximum Gasteiger partial charge on any atom is 0.494 e. The minimum atomic E-state index is -1.86. The first-order chi connectivity index (χ1) is 10.0. The zero-order valence-corrected chi connectivity index (χ0v) is 13.1. The van der Waals surface area contributed by atoms with Gasteiger partial charge in [-0.15, -0.1) is 0 Å². The highest BCUT2D eigenvalue weighted by atomic mass is 16.7. The van der Waals surface area contributed by atoms with E-state index in [1.54, 1.807) is 24.3 Å². The van der Waals surface area contributed by atoms with Crippen molar-refractivity contribution in [3.05, 3.63) is 29.8 Å². The van der Waals surface area contributed by atoms with Crippen LogP contribution >= 0.6 is 0 Å². The van der Waals surface area contributed by atoms with E-state index in [1.807, 2.05) is 27.7 Å². The molecule has 6 nitrogen and oxygen atoms in total. The molecule has 1 aromatic rings. The van der Waals surface area contributed by atoms with Gasteiger partial charge in [-0.1, -0.05) is 24.3 Å². The lowest BCUT2D eigenvalue weighted by atomic mass is 9.78. The molecule has 22 heavy (non-hydrogen) atoms. The molecule has 3 N–H and O–H groups in total. The Labute approximate surface area is 129 Å². The normalized spacial score (nSPS) is 22.4. The zero-order chi connectivity index (χ0) is 16.7. The molecule has 0 amide bonds. The minimum absolute atomic E-state index is 0.315. The van der Waals surface area contributed by atoms with Gasteiger partial charge in [0.2, 0.25) is 0 Å². The van der Waals surface area contributed by atoms with Crippen LogP contribution in [0.5, 0.6) is 0 Å². The Bertz CT molecular complexity index is 538. The summed E-state index contributed by atoms with van der Waals surface area (Å²) < 4.78 is 11.8. The summed E-state index contributed by atoms with van der Waals surface area (Å²) in [5, 5.41) is 27.9. The maximum absolute atomic E-state index is 10.7. The number of hydrogen-bond donors (Lipinski definition) is 3. The van der Waals surface area contributed by atoms with Gasteiger partial charge in [-0.25, -0.2) is 4.79 Å².